The van der Waals surface area contributed by atoms with E-state index in [1.807, 2.05) is 37.3 Å². The van der Waals surface area contributed by atoms with E-state index < -0.39 is 41.8 Å². The number of hydrogen-bond acceptors (Lipinski definition) is 6. The molecule has 2 aromatic carbocycles. The average Bonchev–Trinajstić information content (AvgIpc) is 2.86. The quantitative estimate of drug-likeness (QED) is 0.265. The topological polar surface area (TPSA) is 168 Å². The summed E-state index contributed by atoms with van der Waals surface area (Å²) in [6.07, 6.45) is 1.09. The zero-order valence-electron chi connectivity index (χ0n) is 20.6. The Morgan fingerprint density at radius 2 is 1.56 bits per heavy atom. The first kappa shape index (κ1) is 28.3. The van der Waals surface area contributed by atoms with Crippen LogP contribution in [0.25, 0.3) is 0 Å². The molecule has 0 unspecified atom stereocenters. The van der Waals surface area contributed by atoms with Gasteiger partial charge in [0.1, 0.15) is 17.8 Å². The van der Waals surface area contributed by atoms with Crippen molar-refractivity contribution in [1.29, 1.82) is 0 Å². The summed E-state index contributed by atoms with van der Waals surface area (Å²) in [6, 6.07) is 12.8. The first-order valence-corrected chi connectivity index (χ1v) is 11.9. The van der Waals surface area contributed by atoms with Crippen molar-refractivity contribution in [3.8, 4) is 5.75 Å². The van der Waals surface area contributed by atoms with Crippen LogP contribution in [0.2, 0.25) is 0 Å². The summed E-state index contributed by atoms with van der Waals surface area (Å²) >= 11 is 0. The maximum atomic E-state index is 12.9. The van der Waals surface area contributed by atoms with Crippen molar-refractivity contribution in [3.63, 3.8) is 0 Å². The van der Waals surface area contributed by atoms with Gasteiger partial charge in [-0.3, -0.25) is 19.2 Å². The molecule has 0 spiro atoms. The number of hydrogen-bond donors (Lipinski definition) is 5. The second-order valence-electron chi connectivity index (χ2n) is 8.62. The van der Waals surface area contributed by atoms with E-state index in [1.54, 1.807) is 12.1 Å². The van der Waals surface area contributed by atoms with Crippen molar-refractivity contribution in [2.45, 2.75) is 51.2 Å². The second kappa shape index (κ2) is 13.8. The van der Waals surface area contributed by atoms with Gasteiger partial charge < -0.3 is 32.1 Å². The molecule has 194 valence electrons. The third-order valence-corrected chi connectivity index (χ3v) is 5.66. The number of nitrogens with one attached hydrogen (secondary N) is 2. The molecule has 0 aliphatic heterocycles. The van der Waals surface area contributed by atoms with Crippen molar-refractivity contribution in [1.82, 2.24) is 15.5 Å². The number of nitrogens with two attached hydrogens (primary N) is 2. The number of nitrogens with zero attached hydrogens (tertiary/aromatic N) is 1. The summed E-state index contributed by atoms with van der Waals surface area (Å²) in [5, 5.41) is 14.4. The van der Waals surface area contributed by atoms with Gasteiger partial charge in [-0.1, -0.05) is 49.4 Å². The molecule has 0 fully saturated rings. The lowest BCUT2D eigenvalue weighted by Crippen LogP contribution is -2.54. The Kier molecular flexibility index (Phi) is 10.9. The first-order chi connectivity index (χ1) is 17.1. The fourth-order valence-corrected chi connectivity index (χ4v) is 3.68. The van der Waals surface area contributed by atoms with Crippen LogP contribution in [-0.4, -0.2) is 64.9 Å². The van der Waals surface area contributed by atoms with Gasteiger partial charge in [-0.25, -0.2) is 0 Å². The molecule has 36 heavy (non-hydrogen) atoms. The predicted octanol–water partition coefficient (Wildman–Crippen LogP) is 0.218. The molecule has 0 aliphatic rings. The maximum Gasteiger partial charge on any atom is 0.242 e. The van der Waals surface area contributed by atoms with Gasteiger partial charge in [0.05, 0.1) is 12.6 Å². The van der Waals surface area contributed by atoms with E-state index in [4.69, 9.17) is 11.5 Å². The van der Waals surface area contributed by atoms with E-state index in [0.717, 1.165) is 11.1 Å². The molecule has 7 N–H and O–H groups in total. The molecule has 0 saturated heterocycles. The van der Waals surface area contributed by atoms with Crippen LogP contribution in [0.3, 0.4) is 0 Å². The Morgan fingerprint density at radius 3 is 2.14 bits per heavy atom. The van der Waals surface area contributed by atoms with Crippen LogP contribution < -0.4 is 22.1 Å². The fraction of sp³-hybridized carbons (Fsp3) is 0.385. The van der Waals surface area contributed by atoms with Gasteiger partial charge in [0.15, 0.2) is 0 Å². The van der Waals surface area contributed by atoms with Gasteiger partial charge in [-0.05, 0) is 43.0 Å². The number of phenolic OH excluding ortho intramolecular Hbond substituents is 1. The highest BCUT2D eigenvalue weighted by atomic mass is 16.3. The van der Waals surface area contributed by atoms with Crippen molar-refractivity contribution < 1.29 is 24.3 Å². The molecule has 0 saturated carbocycles. The SMILES string of the molecule is CCCN(C(=O)CNC(=O)[C@@H](C)NC(=O)[C@@H](N)Cc1ccc(O)cc1)[C@@H](Cc1ccccc1)C(N)=O. The summed E-state index contributed by atoms with van der Waals surface area (Å²) in [7, 11) is 0. The highest BCUT2D eigenvalue weighted by Gasteiger charge is 2.28. The molecule has 2 aromatic rings. The Labute approximate surface area is 211 Å². The van der Waals surface area contributed by atoms with Crippen LogP contribution in [0.15, 0.2) is 54.6 Å². The Balaban J connectivity index is 1.92. The fourth-order valence-electron chi connectivity index (χ4n) is 3.68. The molecule has 0 heterocycles. The van der Waals surface area contributed by atoms with E-state index in [-0.39, 0.29) is 25.1 Å². The Morgan fingerprint density at radius 1 is 0.944 bits per heavy atom. The molecule has 0 bridgehead atoms. The van der Waals surface area contributed by atoms with Crippen LogP contribution >= 0.6 is 0 Å². The highest BCUT2D eigenvalue weighted by Crippen LogP contribution is 2.12. The lowest BCUT2D eigenvalue weighted by molar-refractivity contribution is -0.139. The molecule has 10 nitrogen and oxygen atoms in total. The lowest BCUT2D eigenvalue weighted by Gasteiger charge is -2.30. The molecular weight excluding hydrogens is 462 g/mol. The van der Waals surface area contributed by atoms with E-state index in [2.05, 4.69) is 10.6 Å². The normalized spacial score (nSPS) is 13.2. The van der Waals surface area contributed by atoms with Gasteiger partial charge in [0.25, 0.3) is 0 Å². The lowest BCUT2D eigenvalue weighted by atomic mass is 10.0. The van der Waals surface area contributed by atoms with Crippen LogP contribution in [0.1, 0.15) is 31.4 Å². The molecular formula is C26H35N5O5. The monoisotopic (exact) mass is 497 g/mol. The van der Waals surface area contributed by atoms with Crippen molar-refractivity contribution in [2.24, 2.45) is 11.5 Å². The van der Waals surface area contributed by atoms with Crippen LogP contribution in [0.5, 0.6) is 5.75 Å². The number of carbonyl (C=O) groups excluding carboxylic acids is 4. The zero-order valence-corrected chi connectivity index (χ0v) is 20.6. The summed E-state index contributed by atoms with van der Waals surface area (Å²) < 4.78 is 0. The number of aromatic hydroxyl groups is 1. The summed E-state index contributed by atoms with van der Waals surface area (Å²) in [5.74, 6) is -2.07. The van der Waals surface area contributed by atoms with E-state index in [0.29, 0.717) is 13.0 Å². The van der Waals surface area contributed by atoms with Crippen LogP contribution in [0, 0.1) is 0 Å². The summed E-state index contributed by atoms with van der Waals surface area (Å²) in [4.78, 5) is 51.4. The van der Waals surface area contributed by atoms with Gasteiger partial charge in [0, 0.05) is 13.0 Å². The number of primary amides is 1. The molecule has 2 rings (SSSR count). The van der Waals surface area contributed by atoms with E-state index in [9.17, 15) is 24.3 Å². The number of phenols is 1. The number of carbonyl (C=O) groups is 4. The minimum absolute atomic E-state index is 0.108. The Bertz CT molecular complexity index is 1030. The number of rotatable bonds is 13. The average molecular weight is 498 g/mol. The molecule has 0 aromatic heterocycles. The van der Waals surface area contributed by atoms with Crippen molar-refractivity contribution in [2.75, 3.05) is 13.1 Å². The molecule has 4 amide bonds. The molecule has 10 heteroatoms. The Hall–Kier alpha value is -3.92. The second-order valence-corrected chi connectivity index (χ2v) is 8.62. The molecule has 3 atom stereocenters. The summed E-state index contributed by atoms with van der Waals surface area (Å²) in [6.45, 7) is 3.31. The minimum Gasteiger partial charge on any atom is -0.508 e. The van der Waals surface area contributed by atoms with E-state index >= 15 is 0 Å². The van der Waals surface area contributed by atoms with Crippen molar-refractivity contribution >= 4 is 23.6 Å². The molecule has 0 radical (unpaired) electrons. The third-order valence-electron chi connectivity index (χ3n) is 5.66. The zero-order chi connectivity index (χ0) is 26.7. The van der Waals surface area contributed by atoms with Gasteiger partial charge in [0.2, 0.25) is 23.6 Å². The minimum atomic E-state index is -0.938. The smallest absolute Gasteiger partial charge is 0.242 e. The number of amides is 4. The van der Waals surface area contributed by atoms with Gasteiger partial charge in [-0.2, -0.15) is 0 Å². The van der Waals surface area contributed by atoms with E-state index in [1.165, 1.54) is 24.0 Å². The predicted molar refractivity (Wildman–Crippen MR) is 136 cm³/mol. The van der Waals surface area contributed by atoms with Crippen LogP contribution in [-0.2, 0) is 32.0 Å². The highest BCUT2D eigenvalue weighted by molar-refractivity contribution is 5.93. The standard InChI is InChI=1S/C26H35N5O5/c1-3-13-31(22(24(28)34)15-18-7-5-4-6-8-18)23(33)16-29-25(35)17(2)30-26(36)21(27)14-19-9-11-20(32)12-10-19/h4-12,17,21-22,32H,3,13-16,27H2,1-2H3,(H2,28,34)(H,29,35)(H,30,36)/t17-,21+,22+/m1/s1. The third kappa shape index (κ3) is 8.70. The van der Waals surface area contributed by atoms with Gasteiger partial charge >= 0.3 is 0 Å². The summed E-state index contributed by atoms with van der Waals surface area (Å²) in [5.41, 5.74) is 13.2. The molecule has 0 aliphatic carbocycles. The number of benzene rings is 2. The first-order valence-electron chi connectivity index (χ1n) is 11.9. The van der Waals surface area contributed by atoms with Crippen LogP contribution in [0.4, 0.5) is 0 Å². The largest absolute Gasteiger partial charge is 0.508 e. The van der Waals surface area contributed by atoms with Crippen molar-refractivity contribution in [3.05, 3.63) is 65.7 Å². The van der Waals surface area contributed by atoms with Gasteiger partial charge in [-0.15, -0.1) is 0 Å². The maximum absolute atomic E-state index is 12.9.